The number of amides is 1. The minimum atomic E-state index is 0.0453. The van der Waals surface area contributed by atoms with Gasteiger partial charge in [0.15, 0.2) is 0 Å². The van der Waals surface area contributed by atoms with E-state index in [1.165, 1.54) is 0 Å². The first-order valence-electron chi connectivity index (χ1n) is 5.74. The summed E-state index contributed by atoms with van der Waals surface area (Å²) >= 11 is 0. The summed E-state index contributed by atoms with van der Waals surface area (Å²) < 4.78 is 5.19. The Bertz CT molecular complexity index is 398. The summed E-state index contributed by atoms with van der Waals surface area (Å²) in [7, 11) is 3.64. The van der Waals surface area contributed by atoms with Gasteiger partial charge in [-0.1, -0.05) is 6.07 Å². The highest BCUT2D eigenvalue weighted by Crippen LogP contribution is 2.19. The van der Waals surface area contributed by atoms with Gasteiger partial charge >= 0.3 is 0 Å². The monoisotopic (exact) mass is 233 g/mol. The van der Waals surface area contributed by atoms with E-state index in [4.69, 9.17) is 4.74 Å². The van der Waals surface area contributed by atoms with Gasteiger partial charge in [-0.3, -0.25) is 4.79 Å². The Morgan fingerprint density at radius 3 is 2.71 bits per heavy atom. The summed E-state index contributed by atoms with van der Waals surface area (Å²) in [6.07, 6.45) is 0. The lowest BCUT2D eigenvalue weighted by atomic mass is 10.1. The number of nitrogens with zero attached hydrogens (tertiary/aromatic N) is 2. The Morgan fingerprint density at radius 2 is 2.06 bits per heavy atom. The van der Waals surface area contributed by atoms with Gasteiger partial charge in [-0.25, -0.2) is 0 Å². The summed E-state index contributed by atoms with van der Waals surface area (Å²) in [4.78, 5) is 16.4. The van der Waals surface area contributed by atoms with E-state index in [9.17, 15) is 4.79 Å². The number of piperazine rings is 1. The smallest absolute Gasteiger partial charge is 0.257 e. The molecule has 0 N–H and O–H groups in total. The zero-order valence-electron chi connectivity index (χ0n) is 10.3. The fourth-order valence-electron chi connectivity index (χ4n) is 1.94. The fourth-order valence-corrected chi connectivity index (χ4v) is 1.94. The molecule has 0 spiro atoms. The molecule has 1 amide bonds. The molecule has 4 nitrogen and oxygen atoms in total. The first-order chi connectivity index (χ1) is 8.22. The second-order valence-corrected chi connectivity index (χ2v) is 4.22. The maximum absolute atomic E-state index is 12.3. The molecule has 0 saturated carbocycles. The van der Waals surface area contributed by atoms with Crippen molar-refractivity contribution in [3.05, 3.63) is 29.8 Å². The predicted octanol–water partition coefficient (Wildman–Crippen LogP) is 0.883. The third-order valence-electron chi connectivity index (χ3n) is 3.07. The quantitative estimate of drug-likeness (QED) is 0.760. The van der Waals surface area contributed by atoms with Crippen molar-refractivity contribution in [1.29, 1.82) is 0 Å². The van der Waals surface area contributed by atoms with Crippen molar-refractivity contribution < 1.29 is 9.53 Å². The van der Waals surface area contributed by atoms with E-state index < -0.39 is 0 Å². The second-order valence-electron chi connectivity index (χ2n) is 4.22. The van der Waals surface area contributed by atoms with E-state index >= 15 is 0 Å². The summed E-state index contributed by atoms with van der Waals surface area (Å²) in [6, 6.07) is 8.12. The SMILES string of the molecule is COc1c[c]ccc1C(=O)N1CCN(C)CC1. The zero-order valence-corrected chi connectivity index (χ0v) is 10.3. The number of ether oxygens (including phenoxy) is 1. The van der Waals surface area contributed by atoms with Crippen LogP contribution in [0.3, 0.4) is 0 Å². The lowest BCUT2D eigenvalue weighted by Gasteiger charge is -2.32. The fraction of sp³-hybridized carbons (Fsp3) is 0.462. The Balaban J connectivity index is 2.14. The van der Waals surface area contributed by atoms with Crippen LogP contribution in [0.1, 0.15) is 10.4 Å². The number of hydrogen-bond acceptors (Lipinski definition) is 3. The minimum Gasteiger partial charge on any atom is -0.496 e. The van der Waals surface area contributed by atoms with Crippen LogP contribution in [0.5, 0.6) is 5.75 Å². The van der Waals surface area contributed by atoms with Gasteiger partial charge in [0.05, 0.1) is 12.7 Å². The molecule has 0 bridgehead atoms. The highest BCUT2D eigenvalue weighted by molar-refractivity contribution is 5.97. The number of benzene rings is 1. The van der Waals surface area contributed by atoms with Crippen molar-refractivity contribution in [2.75, 3.05) is 40.3 Å². The molecule has 0 unspecified atom stereocenters. The van der Waals surface area contributed by atoms with E-state index in [2.05, 4.69) is 18.0 Å². The van der Waals surface area contributed by atoms with Crippen molar-refractivity contribution in [1.82, 2.24) is 9.80 Å². The molecule has 1 aliphatic rings. The van der Waals surface area contributed by atoms with Crippen molar-refractivity contribution in [2.45, 2.75) is 0 Å². The van der Waals surface area contributed by atoms with E-state index in [0.29, 0.717) is 11.3 Å². The molecular formula is C13H17N2O2. The van der Waals surface area contributed by atoms with Crippen molar-refractivity contribution in [3.8, 4) is 5.75 Å². The number of carbonyl (C=O) groups excluding carboxylic acids is 1. The second kappa shape index (κ2) is 5.19. The van der Waals surface area contributed by atoms with Gasteiger partial charge in [-0.05, 0) is 25.2 Å². The number of likely N-dealkylation sites (N-methyl/N-ethyl adjacent to an activating group) is 1. The first-order valence-corrected chi connectivity index (χ1v) is 5.74. The Kier molecular flexibility index (Phi) is 3.64. The van der Waals surface area contributed by atoms with Crippen LogP contribution in [0.25, 0.3) is 0 Å². The molecule has 1 aromatic carbocycles. The van der Waals surface area contributed by atoms with Crippen LogP contribution in [0, 0.1) is 6.07 Å². The van der Waals surface area contributed by atoms with Crippen molar-refractivity contribution in [3.63, 3.8) is 0 Å². The third-order valence-corrected chi connectivity index (χ3v) is 3.07. The van der Waals surface area contributed by atoms with Gasteiger partial charge in [0.1, 0.15) is 5.75 Å². The maximum Gasteiger partial charge on any atom is 0.257 e. The highest BCUT2D eigenvalue weighted by Gasteiger charge is 2.22. The van der Waals surface area contributed by atoms with Crippen LogP contribution in [0.4, 0.5) is 0 Å². The number of rotatable bonds is 2. The van der Waals surface area contributed by atoms with Crippen LogP contribution in [-0.4, -0.2) is 56.0 Å². The Labute approximate surface area is 102 Å². The van der Waals surface area contributed by atoms with E-state index in [0.717, 1.165) is 26.2 Å². The average Bonchev–Trinajstić information content (AvgIpc) is 2.39. The van der Waals surface area contributed by atoms with E-state index in [1.807, 2.05) is 4.90 Å². The van der Waals surface area contributed by atoms with E-state index in [-0.39, 0.29) is 5.91 Å². The van der Waals surface area contributed by atoms with Crippen molar-refractivity contribution >= 4 is 5.91 Å². The lowest BCUT2D eigenvalue weighted by molar-refractivity contribution is 0.0661. The number of hydrogen-bond donors (Lipinski definition) is 0. The standard InChI is InChI=1S/C13H17N2O2/c1-14-7-9-15(10-8-14)13(16)11-5-3-4-6-12(11)17-2/h3,5-6H,7-10H2,1-2H3. The molecule has 0 aliphatic carbocycles. The minimum absolute atomic E-state index is 0.0453. The summed E-state index contributed by atoms with van der Waals surface area (Å²) in [5, 5.41) is 0. The average molecular weight is 233 g/mol. The molecule has 1 fully saturated rings. The third kappa shape index (κ3) is 2.58. The molecule has 91 valence electrons. The molecule has 2 rings (SSSR count). The maximum atomic E-state index is 12.3. The van der Waals surface area contributed by atoms with Crippen LogP contribution in [0.15, 0.2) is 18.2 Å². The van der Waals surface area contributed by atoms with E-state index in [1.54, 1.807) is 25.3 Å². The Hall–Kier alpha value is -1.55. The van der Waals surface area contributed by atoms with Gasteiger partial charge in [0, 0.05) is 26.2 Å². The van der Waals surface area contributed by atoms with Gasteiger partial charge in [0.25, 0.3) is 5.91 Å². The molecule has 1 aliphatic heterocycles. The van der Waals surface area contributed by atoms with Gasteiger partial charge in [-0.15, -0.1) is 0 Å². The van der Waals surface area contributed by atoms with Crippen molar-refractivity contribution in [2.24, 2.45) is 0 Å². The van der Waals surface area contributed by atoms with Crippen LogP contribution < -0.4 is 4.74 Å². The molecule has 0 aromatic heterocycles. The largest absolute Gasteiger partial charge is 0.496 e. The highest BCUT2D eigenvalue weighted by atomic mass is 16.5. The molecule has 17 heavy (non-hydrogen) atoms. The molecule has 4 heteroatoms. The molecule has 1 saturated heterocycles. The van der Waals surface area contributed by atoms with Gasteiger partial charge in [-0.2, -0.15) is 0 Å². The molecule has 1 heterocycles. The van der Waals surface area contributed by atoms with Gasteiger partial charge < -0.3 is 14.5 Å². The Morgan fingerprint density at radius 1 is 1.35 bits per heavy atom. The molecule has 0 atom stereocenters. The molecule has 1 aromatic rings. The zero-order chi connectivity index (χ0) is 12.3. The lowest BCUT2D eigenvalue weighted by Crippen LogP contribution is -2.47. The number of methoxy groups -OCH3 is 1. The summed E-state index contributed by atoms with van der Waals surface area (Å²) in [5.74, 6) is 0.639. The van der Waals surface area contributed by atoms with Crippen LogP contribution in [-0.2, 0) is 0 Å². The van der Waals surface area contributed by atoms with Crippen LogP contribution >= 0.6 is 0 Å². The van der Waals surface area contributed by atoms with Gasteiger partial charge in [0.2, 0.25) is 0 Å². The number of carbonyl (C=O) groups is 1. The van der Waals surface area contributed by atoms with Crippen LogP contribution in [0.2, 0.25) is 0 Å². The molecule has 1 radical (unpaired) electrons. The summed E-state index contributed by atoms with van der Waals surface area (Å²) in [5.41, 5.74) is 0.621. The normalized spacial score (nSPS) is 16.9. The topological polar surface area (TPSA) is 32.8 Å². The summed E-state index contributed by atoms with van der Waals surface area (Å²) in [6.45, 7) is 3.40. The predicted molar refractivity (Wildman–Crippen MR) is 65.2 cm³/mol. The first kappa shape index (κ1) is 11.9. The molecular weight excluding hydrogens is 216 g/mol.